The van der Waals surface area contributed by atoms with Gasteiger partial charge in [0.25, 0.3) is 0 Å². The molecule has 3 fully saturated rings. The Morgan fingerprint density at radius 3 is 2.14 bits per heavy atom. The molecule has 3 aliphatic carbocycles. The summed E-state index contributed by atoms with van der Waals surface area (Å²) in [7, 11) is -0.418. The van der Waals surface area contributed by atoms with E-state index < -0.39 is 84.9 Å². The summed E-state index contributed by atoms with van der Waals surface area (Å²) in [5.41, 5.74) is -6.50. The molecular weight excluding hydrogens is 652 g/mol. The second-order valence-electron chi connectivity index (χ2n) is 15.5. The molecule has 1 aromatic carbocycles. The molecule has 0 amide bonds. The summed E-state index contributed by atoms with van der Waals surface area (Å²) in [5.74, 6) is -2.84. The zero-order chi connectivity index (χ0) is 36.5. The van der Waals surface area contributed by atoms with E-state index in [1.165, 1.54) is 0 Å². The van der Waals surface area contributed by atoms with Crippen LogP contribution in [0.5, 0.6) is 0 Å². The van der Waals surface area contributed by atoms with Crippen LogP contribution >= 0.6 is 0 Å². The lowest BCUT2D eigenvalue weighted by molar-refractivity contribution is -0.343. The van der Waals surface area contributed by atoms with Gasteiger partial charge in [0.1, 0.15) is 23.9 Å². The molecule has 4 aliphatic rings. The predicted molar refractivity (Wildman–Crippen MR) is 179 cm³/mol. The molecule has 3 N–H and O–H groups in total. The summed E-state index contributed by atoms with van der Waals surface area (Å²) >= 11 is 0. The lowest BCUT2D eigenvalue weighted by atomic mass is 9.44. The van der Waals surface area contributed by atoms with Crippen molar-refractivity contribution < 1.29 is 57.5 Å². The number of benzene rings is 1. The summed E-state index contributed by atoms with van der Waals surface area (Å²) in [5, 5.41) is 36.8. The summed E-state index contributed by atoms with van der Waals surface area (Å²) in [6, 6.07) is 8.20. The number of hydrogen-bond donors (Lipinski definition) is 3. The van der Waals surface area contributed by atoms with Crippen LogP contribution < -0.4 is 0 Å². The molecule has 0 aromatic heterocycles. The van der Waals surface area contributed by atoms with Crippen molar-refractivity contribution in [3.05, 3.63) is 47.0 Å². The molecule has 0 radical (unpaired) electrons. The summed E-state index contributed by atoms with van der Waals surface area (Å²) < 4.78 is 36.9. The molecular formula is C36H52O12Si. The van der Waals surface area contributed by atoms with Crippen LogP contribution in [0.1, 0.15) is 78.6 Å². The standard InChI is InChI=1S/C36H52O12Si/c1-19(2)49(44-10,20(3)4)48-24-16-25-35(18-45-25,47-32(41)43-9)28-30(46-31(40)22-14-12-11-13-15-22)36(42)17-23(37)21(5)26(33(36,6)7)27(38)29(39)34(24,28)8/h11-15,19-20,23-25,27-28,30,37-38,42H,16-18H2,1-10H3/t23-,24-,25?,27+,28?,30-,34+,35-,36+/m0/s1. The average molecular weight is 705 g/mol. The van der Waals surface area contributed by atoms with Gasteiger partial charge in [0.2, 0.25) is 0 Å². The Labute approximate surface area is 289 Å². The van der Waals surface area contributed by atoms with Crippen LogP contribution in [0.4, 0.5) is 4.79 Å². The van der Waals surface area contributed by atoms with Crippen molar-refractivity contribution in [1.82, 2.24) is 0 Å². The lowest BCUT2D eigenvalue weighted by Crippen LogP contribution is -2.82. The SMILES string of the molecule is COC(=O)O[C@@]12COC1C[C@H](O[Si](OC)(C(C)C)C(C)C)[C@@]1(C)C(=O)[C@H](O)C3=C(C)[C@@H](O)C[C@@](O)([C@@H](OC(=O)c4ccccc4)C21)C3(C)C. The Kier molecular flexibility index (Phi) is 9.85. The molecule has 1 aliphatic heterocycles. The van der Waals surface area contributed by atoms with Crippen molar-refractivity contribution in [2.45, 2.75) is 121 Å². The maximum Gasteiger partial charge on any atom is 0.508 e. The van der Waals surface area contributed by atoms with Gasteiger partial charge in [-0.05, 0) is 48.2 Å². The maximum atomic E-state index is 15.3. The van der Waals surface area contributed by atoms with Crippen LogP contribution in [0.25, 0.3) is 0 Å². The second kappa shape index (κ2) is 12.8. The van der Waals surface area contributed by atoms with Gasteiger partial charge < -0.3 is 43.1 Å². The van der Waals surface area contributed by atoms with E-state index in [-0.39, 0.29) is 41.7 Å². The van der Waals surface area contributed by atoms with Gasteiger partial charge in [-0.3, -0.25) is 4.79 Å². The smallest absolute Gasteiger partial charge is 0.455 e. The molecule has 0 spiro atoms. The number of aliphatic hydroxyl groups excluding tert-OH is 2. The first-order valence-electron chi connectivity index (χ1n) is 17.0. The summed E-state index contributed by atoms with van der Waals surface area (Å²) in [6.07, 6.45) is -7.90. The van der Waals surface area contributed by atoms with E-state index in [0.29, 0.717) is 5.57 Å². The summed E-state index contributed by atoms with van der Waals surface area (Å²) in [6.45, 7) is 14.3. The molecule has 2 saturated carbocycles. The van der Waals surface area contributed by atoms with E-state index in [4.69, 9.17) is 27.8 Å². The molecule has 1 saturated heterocycles. The van der Waals surface area contributed by atoms with E-state index in [9.17, 15) is 24.9 Å². The van der Waals surface area contributed by atoms with Gasteiger partial charge in [-0.25, -0.2) is 9.59 Å². The van der Waals surface area contributed by atoms with E-state index in [1.54, 1.807) is 65.1 Å². The highest BCUT2D eigenvalue weighted by molar-refractivity contribution is 6.70. The van der Waals surface area contributed by atoms with Gasteiger partial charge in [-0.15, -0.1) is 0 Å². The number of ketones is 1. The number of carbonyl (C=O) groups excluding carboxylic acids is 3. The Hall–Kier alpha value is -2.65. The third-order valence-electron chi connectivity index (χ3n) is 12.3. The third-order valence-corrected chi connectivity index (χ3v) is 16.8. The van der Waals surface area contributed by atoms with Gasteiger partial charge in [0, 0.05) is 25.4 Å². The van der Waals surface area contributed by atoms with Crippen LogP contribution in [-0.2, 0) is 32.6 Å². The van der Waals surface area contributed by atoms with Gasteiger partial charge in [0.05, 0.1) is 42.8 Å². The maximum absolute atomic E-state index is 15.3. The molecule has 2 unspecified atom stereocenters. The van der Waals surface area contributed by atoms with Crippen molar-refractivity contribution in [3.8, 4) is 0 Å². The first-order valence-corrected chi connectivity index (χ1v) is 19.0. The molecule has 13 heteroatoms. The van der Waals surface area contributed by atoms with Gasteiger partial charge >= 0.3 is 20.7 Å². The zero-order valence-corrected chi connectivity index (χ0v) is 31.1. The number of aliphatic hydroxyl groups is 3. The highest BCUT2D eigenvalue weighted by Crippen LogP contribution is 2.65. The first-order chi connectivity index (χ1) is 22.8. The molecule has 2 bridgehead atoms. The quantitative estimate of drug-likeness (QED) is 0.201. The zero-order valence-electron chi connectivity index (χ0n) is 30.1. The molecule has 1 heterocycles. The van der Waals surface area contributed by atoms with Crippen molar-refractivity contribution in [2.24, 2.45) is 16.7 Å². The van der Waals surface area contributed by atoms with Crippen LogP contribution in [-0.4, -0.2) is 104 Å². The van der Waals surface area contributed by atoms with E-state index in [1.807, 2.05) is 27.7 Å². The molecule has 49 heavy (non-hydrogen) atoms. The highest BCUT2D eigenvalue weighted by atomic mass is 28.4. The van der Waals surface area contributed by atoms with Crippen molar-refractivity contribution in [2.75, 3.05) is 20.8 Å². The number of Topliss-reactive ketones (excluding diaryl/α,β-unsaturated/α-hetero) is 1. The summed E-state index contributed by atoms with van der Waals surface area (Å²) in [4.78, 5) is 42.4. The van der Waals surface area contributed by atoms with Gasteiger partial charge in [-0.2, -0.15) is 0 Å². The van der Waals surface area contributed by atoms with E-state index in [2.05, 4.69) is 0 Å². The number of esters is 1. The number of methoxy groups -OCH3 is 1. The first kappa shape index (κ1) is 37.6. The fourth-order valence-corrected chi connectivity index (χ4v) is 13.1. The molecule has 12 nitrogen and oxygen atoms in total. The monoisotopic (exact) mass is 704 g/mol. The Bertz CT molecular complexity index is 1480. The van der Waals surface area contributed by atoms with Crippen LogP contribution in [0, 0.1) is 16.7 Å². The van der Waals surface area contributed by atoms with Crippen molar-refractivity contribution >= 4 is 26.5 Å². The lowest BCUT2D eigenvalue weighted by Gasteiger charge is -2.68. The normalized spacial score (nSPS) is 37.0. The Morgan fingerprint density at radius 2 is 1.63 bits per heavy atom. The van der Waals surface area contributed by atoms with Crippen LogP contribution in [0.2, 0.25) is 11.1 Å². The number of fused-ring (bicyclic) bond motifs is 5. The number of carbonyl (C=O) groups is 3. The largest absolute Gasteiger partial charge is 0.508 e. The van der Waals surface area contributed by atoms with Gasteiger partial charge in [0.15, 0.2) is 11.4 Å². The predicted octanol–water partition coefficient (Wildman–Crippen LogP) is 4.23. The molecule has 272 valence electrons. The topological polar surface area (TPSA) is 167 Å². The number of ether oxygens (including phenoxy) is 4. The van der Waals surface area contributed by atoms with E-state index in [0.717, 1.165) is 7.11 Å². The van der Waals surface area contributed by atoms with Gasteiger partial charge in [-0.1, -0.05) is 59.7 Å². The van der Waals surface area contributed by atoms with Crippen LogP contribution in [0.15, 0.2) is 41.5 Å². The molecule has 9 atom stereocenters. The second-order valence-corrected chi connectivity index (χ2v) is 19.9. The average Bonchev–Trinajstić information content (AvgIpc) is 3.04. The number of hydrogen-bond acceptors (Lipinski definition) is 12. The van der Waals surface area contributed by atoms with Crippen LogP contribution in [0.3, 0.4) is 0 Å². The Morgan fingerprint density at radius 1 is 1.02 bits per heavy atom. The molecule has 5 rings (SSSR count). The fraction of sp³-hybridized carbons (Fsp3) is 0.694. The minimum atomic E-state index is -3.16. The Balaban J connectivity index is 1.86. The van der Waals surface area contributed by atoms with Crippen molar-refractivity contribution in [1.29, 1.82) is 0 Å². The number of rotatable bonds is 8. The minimum Gasteiger partial charge on any atom is -0.455 e. The third kappa shape index (κ3) is 5.34. The minimum absolute atomic E-state index is 0.0574. The van der Waals surface area contributed by atoms with E-state index >= 15 is 4.79 Å². The highest BCUT2D eigenvalue weighted by Gasteiger charge is 2.78. The fourth-order valence-electron chi connectivity index (χ4n) is 9.42. The molecule has 1 aromatic rings. The van der Waals surface area contributed by atoms with Crippen molar-refractivity contribution in [3.63, 3.8) is 0 Å².